The summed E-state index contributed by atoms with van der Waals surface area (Å²) in [5, 5.41) is 3.79. The third-order valence-electron chi connectivity index (χ3n) is 3.74. The maximum Gasteiger partial charge on any atom is 0.266 e. The molecule has 0 aliphatic rings. The van der Waals surface area contributed by atoms with Gasteiger partial charge in [0.25, 0.3) is 6.43 Å². The number of nitrogens with zero attached hydrogens (tertiary/aromatic N) is 3. The number of benzene rings is 1. The Labute approximate surface area is 156 Å². The molecule has 1 aromatic carbocycles. The molecule has 4 nitrogen and oxygen atoms in total. The predicted molar refractivity (Wildman–Crippen MR) is 98.2 cm³/mol. The van der Waals surface area contributed by atoms with E-state index in [0.29, 0.717) is 22.7 Å². The van der Waals surface area contributed by atoms with Gasteiger partial charge in [-0.1, -0.05) is 18.2 Å². The zero-order valence-electron chi connectivity index (χ0n) is 13.4. The number of rotatable bonds is 4. The Morgan fingerprint density at radius 2 is 1.88 bits per heavy atom. The van der Waals surface area contributed by atoms with Gasteiger partial charge in [0.15, 0.2) is 5.65 Å². The lowest BCUT2D eigenvalue weighted by molar-refractivity contribution is 0.146. The van der Waals surface area contributed by atoms with Gasteiger partial charge in [0, 0.05) is 15.3 Å². The average Bonchev–Trinajstić information content (AvgIpc) is 2.55. The van der Waals surface area contributed by atoms with Crippen molar-refractivity contribution in [2.75, 3.05) is 5.32 Å². The van der Waals surface area contributed by atoms with E-state index in [0.717, 1.165) is 9.64 Å². The molecule has 2 aromatic heterocycles. The van der Waals surface area contributed by atoms with Gasteiger partial charge < -0.3 is 5.32 Å². The summed E-state index contributed by atoms with van der Waals surface area (Å²) >= 11 is 2.13. The van der Waals surface area contributed by atoms with E-state index < -0.39 is 23.8 Å². The van der Waals surface area contributed by atoms with Gasteiger partial charge in [-0.2, -0.15) is 0 Å². The molecule has 0 amide bonds. The molecule has 0 aliphatic heterocycles. The summed E-state index contributed by atoms with van der Waals surface area (Å²) < 4.78 is 41.1. The normalized spacial score (nSPS) is 12.6. The van der Waals surface area contributed by atoms with E-state index in [-0.39, 0.29) is 5.56 Å². The maximum absolute atomic E-state index is 14.4. The van der Waals surface area contributed by atoms with Crippen molar-refractivity contribution in [1.82, 2.24) is 15.0 Å². The number of anilines is 1. The molecule has 0 bridgehead atoms. The van der Waals surface area contributed by atoms with Crippen LogP contribution in [0.4, 0.5) is 19.0 Å². The molecule has 0 spiro atoms. The molecule has 2 heterocycles. The van der Waals surface area contributed by atoms with Crippen LogP contribution in [0.1, 0.15) is 36.3 Å². The lowest BCUT2D eigenvalue weighted by atomic mass is 10.0. The highest BCUT2D eigenvalue weighted by atomic mass is 127. The minimum absolute atomic E-state index is 0.154. The highest BCUT2D eigenvalue weighted by Gasteiger charge is 2.20. The topological polar surface area (TPSA) is 50.7 Å². The number of aromatic nitrogens is 3. The van der Waals surface area contributed by atoms with Crippen molar-refractivity contribution in [3.8, 4) is 0 Å². The number of fused-ring (bicyclic) bond motifs is 1. The molecule has 8 heteroatoms. The first-order valence-electron chi connectivity index (χ1n) is 7.49. The van der Waals surface area contributed by atoms with E-state index >= 15 is 0 Å². The van der Waals surface area contributed by atoms with Gasteiger partial charge in [0.2, 0.25) is 0 Å². The van der Waals surface area contributed by atoms with Crippen molar-refractivity contribution in [2.45, 2.75) is 26.3 Å². The van der Waals surface area contributed by atoms with Gasteiger partial charge in [0.1, 0.15) is 17.5 Å². The number of halogens is 4. The van der Waals surface area contributed by atoms with E-state index in [4.69, 9.17) is 0 Å². The minimum Gasteiger partial charge on any atom is -0.363 e. The van der Waals surface area contributed by atoms with E-state index in [1.165, 1.54) is 12.1 Å². The van der Waals surface area contributed by atoms with Crippen LogP contribution in [-0.2, 0) is 0 Å². The Balaban J connectivity index is 2.02. The van der Waals surface area contributed by atoms with Crippen molar-refractivity contribution in [3.05, 3.63) is 56.8 Å². The molecular weight excluding hydrogens is 444 g/mol. The van der Waals surface area contributed by atoms with Crippen LogP contribution in [0, 0.1) is 16.3 Å². The fourth-order valence-electron chi connectivity index (χ4n) is 2.56. The van der Waals surface area contributed by atoms with Gasteiger partial charge in [-0.25, -0.2) is 28.1 Å². The first-order chi connectivity index (χ1) is 11.9. The number of alkyl halides is 2. The van der Waals surface area contributed by atoms with Crippen LogP contribution in [0.15, 0.2) is 30.5 Å². The highest BCUT2D eigenvalue weighted by molar-refractivity contribution is 14.1. The van der Waals surface area contributed by atoms with Crippen LogP contribution < -0.4 is 5.32 Å². The number of hydrogen-bond acceptors (Lipinski definition) is 4. The monoisotopic (exact) mass is 458 g/mol. The van der Waals surface area contributed by atoms with Gasteiger partial charge in [-0.05, 0) is 42.5 Å². The molecule has 0 saturated carbocycles. The van der Waals surface area contributed by atoms with E-state index in [9.17, 15) is 13.2 Å². The SMILES string of the molecule is Cc1nc(N[C@H](C)c2cccc(C(F)F)c2F)c2cc(I)cnc2n1. The van der Waals surface area contributed by atoms with Crippen LogP contribution in [0.25, 0.3) is 11.0 Å². The lowest BCUT2D eigenvalue weighted by Gasteiger charge is -2.18. The summed E-state index contributed by atoms with van der Waals surface area (Å²) in [5.41, 5.74) is 0.0660. The number of pyridine rings is 1. The molecule has 1 atom stereocenters. The van der Waals surface area contributed by atoms with Gasteiger partial charge in [-0.15, -0.1) is 0 Å². The van der Waals surface area contributed by atoms with Gasteiger partial charge in [-0.3, -0.25) is 0 Å². The molecule has 0 radical (unpaired) electrons. The van der Waals surface area contributed by atoms with Crippen LogP contribution in [0.5, 0.6) is 0 Å². The average molecular weight is 458 g/mol. The zero-order chi connectivity index (χ0) is 18.1. The van der Waals surface area contributed by atoms with Crippen molar-refractivity contribution >= 4 is 39.4 Å². The van der Waals surface area contributed by atoms with Crippen LogP contribution >= 0.6 is 22.6 Å². The summed E-state index contributed by atoms with van der Waals surface area (Å²) in [6.45, 7) is 3.42. The smallest absolute Gasteiger partial charge is 0.266 e. The van der Waals surface area contributed by atoms with Crippen molar-refractivity contribution in [2.24, 2.45) is 0 Å². The zero-order valence-corrected chi connectivity index (χ0v) is 15.6. The number of nitrogens with one attached hydrogen (secondary N) is 1. The molecule has 0 saturated heterocycles. The molecule has 3 rings (SSSR count). The van der Waals surface area contributed by atoms with Crippen molar-refractivity contribution in [1.29, 1.82) is 0 Å². The summed E-state index contributed by atoms with van der Waals surface area (Å²) in [6, 6.07) is 5.30. The Kier molecular flexibility index (Phi) is 5.07. The summed E-state index contributed by atoms with van der Waals surface area (Å²) in [5.74, 6) is 0.0980. The Morgan fingerprint density at radius 3 is 2.60 bits per heavy atom. The fraction of sp³-hybridized carbons (Fsp3) is 0.235. The Hall–Kier alpha value is -1.97. The summed E-state index contributed by atoms with van der Waals surface area (Å²) in [4.78, 5) is 12.9. The largest absolute Gasteiger partial charge is 0.363 e. The number of aryl methyl sites for hydroxylation is 1. The van der Waals surface area contributed by atoms with E-state index in [1.807, 2.05) is 6.07 Å². The van der Waals surface area contributed by atoms with E-state index in [1.54, 1.807) is 20.0 Å². The van der Waals surface area contributed by atoms with Crippen LogP contribution in [0.2, 0.25) is 0 Å². The molecule has 3 aromatic rings. The second-order valence-corrected chi connectivity index (χ2v) is 6.81. The Bertz CT molecular complexity index is 933. The first kappa shape index (κ1) is 17.8. The van der Waals surface area contributed by atoms with Gasteiger partial charge in [0.05, 0.1) is 17.0 Å². The van der Waals surface area contributed by atoms with Crippen LogP contribution in [-0.4, -0.2) is 15.0 Å². The minimum atomic E-state index is -2.86. The third-order valence-corrected chi connectivity index (χ3v) is 4.33. The van der Waals surface area contributed by atoms with Crippen molar-refractivity contribution < 1.29 is 13.2 Å². The van der Waals surface area contributed by atoms with Crippen LogP contribution in [0.3, 0.4) is 0 Å². The molecule has 0 aliphatic carbocycles. The lowest BCUT2D eigenvalue weighted by Crippen LogP contribution is -2.12. The summed E-state index contributed by atoms with van der Waals surface area (Å²) in [7, 11) is 0. The first-order valence-corrected chi connectivity index (χ1v) is 8.57. The fourth-order valence-corrected chi connectivity index (χ4v) is 3.01. The molecule has 25 heavy (non-hydrogen) atoms. The quantitative estimate of drug-likeness (QED) is 0.547. The van der Waals surface area contributed by atoms with Gasteiger partial charge >= 0.3 is 0 Å². The molecule has 1 N–H and O–H groups in total. The maximum atomic E-state index is 14.4. The summed E-state index contributed by atoms with van der Waals surface area (Å²) in [6.07, 6.45) is -1.17. The second kappa shape index (κ2) is 7.11. The molecule has 0 fully saturated rings. The third kappa shape index (κ3) is 3.68. The standard InChI is InChI=1S/C17H14F3IN4/c1-8(11-4-3-5-12(14(11)18)15(19)20)23-17-13-6-10(21)7-22-16(13)24-9(2)25-17/h3-8,15H,1-2H3,(H,22,23,24,25)/t8-/m1/s1. The van der Waals surface area contributed by atoms with E-state index in [2.05, 4.69) is 42.9 Å². The second-order valence-electron chi connectivity index (χ2n) is 5.56. The predicted octanol–water partition coefficient (Wildman–Crippen LogP) is 5.19. The molecule has 130 valence electrons. The Morgan fingerprint density at radius 1 is 1.16 bits per heavy atom. The number of hydrogen-bond donors (Lipinski definition) is 1. The highest BCUT2D eigenvalue weighted by Crippen LogP contribution is 2.30. The van der Waals surface area contributed by atoms with Crippen molar-refractivity contribution in [3.63, 3.8) is 0 Å². The molecule has 0 unspecified atom stereocenters. The molecular formula is C17H14F3IN4.